The summed E-state index contributed by atoms with van der Waals surface area (Å²) in [6, 6.07) is 13.7. The van der Waals surface area contributed by atoms with Gasteiger partial charge < -0.3 is 5.11 Å². The van der Waals surface area contributed by atoms with E-state index in [0.29, 0.717) is 0 Å². The highest BCUT2D eigenvalue weighted by atomic mass is 16.4. The molecule has 3 nitrogen and oxygen atoms in total. The average Bonchev–Trinajstić information content (AvgIpc) is 2.37. The van der Waals surface area contributed by atoms with Crippen LogP contribution in [-0.2, 0) is 4.79 Å². The van der Waals surface area contributed by atoms with Crippen molar-refractivity contribution >= 4 is 16.7 Å². The summed E-state index contributed by atoms with van der Waals surface area (Å²) < 4.78 is 0. The van der Waals surface area contributed by atoms with E-state index < -0.39 is 12.0 Å². The average molecular weight is 243 g/mol. The van der Waals surface area contributed by atoms with Crippen molar-refractivity contribution in [3.8, 4) is 0 Å². The van der Waals surface area contributed by atoms with Gasteiger partial charge in [0, 0.05) is 6.04 Å². The summed E-state index contributed by atoms with van der Waals surface area (Å²) in [4.78, 5) is 10.9. The summed E-state index contributed by atoms with van der Waals surface area (Å²) in [6.45, 7) is 3.64. The molecule has 18 heavy (non-hydrogen) atoms. The Labute approximate surface area is 106 Å². The van der Waals surface area contributed by atoms with Gasteiger partial charge in [-0.1, -0.05) is 42.5 Å². The Kier molecular flexibility index (Phi) is 3.63. The van der Waals surface area contributed by atoms with Crippen molar-refractivity contribution in [3.63, 3.8) is 0 Å². The molecule has 0 heterocycles. The molecule has 0 fully saturated rings. The maximum absolute atomic E-state index is 10.9. The van der Waals surface area contributed by atoms with Crippen LogP contribution in [0.25, 0.3) is 10.8 Å². The van der Waals surface area contributed by atoms with Gasteiger partial charge in [0.05, 0.1) is 0 Å². The number of nitrogens with one attached hydrogen (secondary N) is 1. The van der Waals surface area contributed by atoms with E-state index in [9.17, 15) is 4.79 Å². The topological polar surface area (TPSA) is 49.3 Å². The molecule has 3 heteroatoms. The minimum atomic E-state index is -0.831. The van der Waals surface area contributed by atoms with Crippen LogP contribution in [0.3, 0.4) is 0 Å². The zero-order valence-corrected chi connectivity index (χ0v) is 10.6. The van der Waals surface area contributed by atoms with E-state index in [1.54, 1.807) is 6.92 Å². The van der Waals surface area contributed by atoms with Crippen molar-refractivity contribution in [2.24, 2.45) is 0 Å². The van der Waals surface area contributed by atoms with Crippen molar-refractivity contribution < 1.29 is 9.90 Å². The number of hydrogen-bond acceptors (Lipinski definition) is 2. The van der Waals surface area contributed by atoms with Crippen LogP contribution in [0.2, 0.25) is 0 Å². The largest absolute Gasteiger partial charge is 0.480 e. The van der Waals surface area contributed by atoms with Crippen LogP contribution in [0.15, 0.2) is 42.5 Å². The monoisotopic (exact) mass is 243 g/mol. The molecule has 2 unspecified atom stereocenters. The van der Waals surface area contributed by atoms with Crippen molar-refractivity contribution in [2.45, 2.75) is 25.9 Å². The molecular weight excluding hydrogens is 226 g/mol. The third kappa shape index (κ3) is 2.51. The fourth-order valence-corrected chi connectivity index (χ4v) is 2.16. The van der Waals surface area contributed by atoms with Crippen molar-refractivity contribution in [2.75, 3.05) is 0 Å². The summed E-state index contributed by atoms with van der Waals surface area (Å²) in [5, 5.41) is 14.4. The van der Waals surface area contributed by atoms with Crippen molar-refractivity contribution in [1.82, 2.24) is 5.32 Å². The van der Waals surface area contributed by atoms with Crippen LogP contribution in [0.1, 0.15) is 25.5 Å². The highest BCUT2D eigenvalue weighted by Gasteiger charge is 2.16. The zero-order chi connectivity index (χ0) is 13.1. The number of fused-ring (bicyclic) bond motifs is 1. The first-order valence-corrected chi connectivity index (χ1v) is 6.06. The Morgan fingerprint density at radius 2 is 1.78 bits per heavy atom. The van der Waals surface area contributed by atoms with E-state index >= 15 is 0 Å². The quantitative estimate of drug-likeness (QED) is 0.868. The molecule has 0 aliphatic carbocycles. The minimum absolute atomic E-state index is 0.00204. The predicted octanol–water partition coefficient (Wildman–Crippen LogP) is 2.96. The number of rotatable bonds is 4. The number of benzene rings is 2. The maximum atomic E-state index is 10.9. The van der Waals surface area contributed by atoms with Gasteiger partial charge in [0.25, 0.3) is 0 Å². The van der Waals surface area contributed by atoms with Crippen LogP contribution in [0, 0.1) is 0 Å². The first-order valence-electron chi connectivity index (χ1n) is 6.06. The molecule has 0 bridgehead atoms. The highest BCUT2D eigenvalue weighted by molar-refractivity contribution is 5.86. The number of carbonyl (C=O) groups is 1. The van der Waals surface area contributed by atoms with Gasteiger partial charge in [0.15, 0.2) is 0 Å². The summed E-state index contributed by atoms with van der Waals surface area (Å²) in [5.41, 5.74) is 1.13. The normalized spacial score (nSPS) is 14.3. The third-order valence-electron chi connectivity index (χ3n) is 3.16. The third-order valence-corrected chi connectivity index (χ3v) is 3.16. The minimum Gasteiger partial charge on any atom is -0.480 e. The van der Waals surface area contributed by atoms with Crippen LogP contribution in [0.5, 0.6) is 0 Å². The summed E-state index contributed by atoms with van der Waals surface area (Å²) in [5.74, 6) is -0.831. The molecular formula is C15H17NO2. The van der Waals surface area contributed by atoms with E-state index in [0.717, 1.165) is 10.9 Å². The molecule has 0 radical (unpaired) electrons. The van der Waals surface area contributed by atoms with E-state index in [-0.39, 0.29) is 6.04 Å². The Hall–Kier alpha value is -1.87. The molecule has 2 N–H and O–H groups in total. The number of aliphatic carboxylic acids is 1. The van der Waals surface area contributed by atoms with Gasteiger partial charge in [0.1, 0.15) is 6.04 Å². The standard InChI is InChI=1S/C15H17NO2/c1-10(16-11(2)15(17)18)13-9-5-7-12-6-3-4-8-14(12)13/h3-11,16H,1-2H3,(H,17,18). The van der Waals surface area contributed by atoms with Gasteiger partial charge in [-0.25, -0.2) is 0 Å². The fraction of sp³-hybridized carbons (Fsp3) is 0.267. The van der Waals surface area contributed by atoms with E-state index in [4.69, 9.17) is 5.11 Å². The maximum Gasteiger partial charge on any atom is 0.320 e. The molecule has 0 amide bonds. The predicted molar refractivity (Wildman–Crippen MR) is 72.6 cm³/mol. The van der Waals surface area contributed by atoms with E-state index in [1.165, 1.54) is 5.39 Å². The second-order valence-electron chi connectivity index (χ2n) is 4.52. The van der Waals surface area contributed by atoms with Crippen molar-refractivity contribution in [1.29, 1.82) is 0 Å². The second kappa shape index (κ2) is 5.19. The van der Waals surface area contributed by atoms with Gasteiger partial charge in [-0.05, 0) is 30.2 Å². The lowest BCUT2D eigenvalue weighted by Gasteiger charge is -2.19. The van der Waals surface area contributed by atoms with Gasteiger partial charge in [-0.3, -0.25) is 10.1 Å². The van der Waals surface area contributed by atoms with Gasteiger partial charge in [0.2, 0.25) is 0 Å². The first kappa shape index (κ1) is 12.6. The second-order valence-corrected chi connectivity index (χ2v) is 4.52. The molecule has 2 atom stereocenters. The van der Waals surface area contributed by atoms with E-state index in [2.05, 4.69) is 23.5 Å². The molecule has 0 aromatic heterocycles. The molecule has 0 aliphatic rings. The molecule has 0 spiro atoms. The van der Waals surface area contributed by atoms with Crippen LogP contribution in [0.4, 0.5) is 0 Å². The van der Waals surface area contributed by atoms with Crippen LogP contribution >= 0.6 is 0 Å². The van der Waals surface area contributed by atoms with Crippen LogP contribution < -0.4 is 5.32 Å². The summed E-state index contributed by atoms with van der Waals surface area (Å²) in [6.07, 6.45) is 0. The lowest BCUT2D eigenvalue weighted by Crippen LogP contribution is -2.35. The fourth-order valence-electron chi connectivity index (χ4n) is 2.16. The highest BCUT2D eigenvalue weighted by Crippen LogP contribution is 2.24. The lowest BCUT2D eigenvalue weighted by molar-refractivity contribution is -0.139. The smallest absolute Gasteiger partial charge is 0.320 e. The first-order chi connectivity index (χ1) is 8.59. The van der Waals surface area contributed by atoms with Gasteiger partial charge >= 0.3 is 5.97 Å². The zero-order valence-electron chi connectivity index (χ0n) is 10.6. The molecule has 94 valence electrons. The molecule has 2 aromatic carbocycles. The molecule has 0 saturated carbocycles. The molecule has 0 saturated heterocycles. The summed E-state index contributed by atoms with van der Waals surface area (Å²) >= 11 is 0. The van der Waals surface area contributed by atoms with Crippen molar-refractivity contribution in [3.05, 3.63) is 48.0 Å². The van der Waals surface area contributed by atoms with Crippen LogP contribution in [-0.4, -0.2) is 17.1 Å². The molecule has 0 aliphatic heterocycles. The SMILES string of the molecule is CC(NC(C)c1cccc2ccccc12)C(=O)O. The Morgan fingerprint density at radius 1 is 1.11 bits per heavy atom. The van der Waals surface area contributed by atoms with Gasteiger partial charge in [-0.15, -0.1) is 0 Å². The Bertz CT molecular complexity index is 560. The lowest BCUT2D eigenvalue weighted by atomic mass is 9.99. The molecule has 2 rings (SSSR count). The van der Waals surface area contributed by atoms with Gasteiger partial charge in [-0.2, -0.15) is 0 Å². The number of hydrogen-bond donors (Lipinski definition) is 2. The molecule has 2 aromatic rings. The number of carboxylic acid groups (broad SMARTS) is 1. The number of carboxylic acids is 1. The Morgan fingerprint density at radius 3 is 2.50 bits per heavy atom. The summed E-state index contributed by atoms with van der Waals surface area (Å²) in [7, 11) is 0. The van der Waals surface area contributed by atoms with E-state index in [1.807, 2.05) is 31.2 Å². The Balaban J connectivity index is 2.33.